The van der Waals surface area contributed by atoms with E-state index in [1.807, 2.05) is 6.07 Å². The molecular weight excluding hydrogens is 452 g/mol. The summed E-state index contributed by atoms with van der Waals surface area (Å²) in [5.74, 6) is 1.10. The number of benzene rings is 1. The number of hydrogen-bond donors (Lipinski definition) is 3. The first-order valence-electron chi connectivity index (χ1n) is 12.2. The second-order valence-electron chi connectivity index (χ2n) is 8.78. The van der Waals surface area contributed by atoms with E-state index in [0.717, 1.165) is 55.4 Å². The molecule has 0 bridgehead atoms. The van der Waals surface area contributed by atoms with Crippen LogP contribution in [0.1, 0.15) is 25.7 Å². The van der Waals surface area contributed by atoms with E-state index in [4.69, 9.17) is 18.9 Å². The Bertz CT molecular complexity index is 963. The smallest absolute Gasteiger partial charge is 0.246 e. The van der Waals surface area contributed by atoms with Crippen LogP contribution < -0.4 is 30.3 Å². The Labute approximate surface area is 205 Å². The summed E-state index contributed by atoms with van der Waals surface area (Å²) in [5, 5.41) is 10.5. The molecule has 2 fully saturated rings. The molecule has 2 aromatic rings. The van der Waals surface area contributed by atoms with Crippen LogP contribution in [0, 0.1) is 0 Å². The van der Waals surface area contributed by atoms with E-state index in [-0.39, 0.29) is 12.5 Å². The molecule has 0 spiro atoms. The molecule has 0 atom stereocenters. The van der Waals surface area contributed by atoms with Crippen molar-refractivity contribution >= 4 is 22.5 Å². The standard InChI is InChI=1S/C24H36N6O5/c1-32-13-22(31)27-14-25-17-3-5-18(6-4-17)29-16-35-21-12-19(30-7-9-34-10-8-30)11-20-23(21)24(33-2)28-15-26-20/h11-12,15,17-18,25,29H,3-10,13-14,16H2,1-2H3,(H,27,31). The first-order chi connectivity index (χ1) is 17.2. The SMILES string of the molecule is COCC(=O)NCNC1CCC(NCOc2cc(N3CCOCC3)cc3ncnc(OC)c23)CC1. The van der Waals surface area contributed by atoms with Crippen molar-refractivity contribution in [1.29, 1.82) is 0 Å². The Hall–Kier alpha value is -2.73. The van der Waals surface area contributed by atoms with Crippen LogP contribution >= 0.6 is 0 Å². The van der Waals surface area contributed by atoms with Crippen molar-refractivity contribution in [2.45, 2.75) is 37.8 Å². The van der Waals surface area contributed by atoms with E-state index in [0.29, 0.717) is 50.3 Å². The predicted octanol–water partition coefficient (Wildman–Crippen LogP) is 1.02. The molecule has 4 rings (SSSR count). The second kappa shape index (κ2) is 12.8. The average molecular weight is 489 g/mol. The van der Waals surface area contributed by atoms with Gasteiger partial charge in [0.05, 0.1) is 32.5 Å². The molecule has 1 saturated heterocycles. The van der Waals surface area contributed by atoms with Crippen LogP contribution in [-0.2, 0) is 14.3 Å². The van der Waals surface area contributed by atoms with E-state index in [9.17, 15) is 4.79 Å². The number of carbonyl (C=O) groups is 1. The zero-order valence-corrected chi connectivity index (χ0v) is 20.5. The van der Waals surface area contributed by atoms with Crippen LogP contribution in [0.2, 0.25) is 0 Å². The molecule has 3 N–H and O–H groups in total. The maximum absolute atomic E-state index is 11.5. The minimum atomic E-state index is -0.111. The van der Waals surface area contributed by atoms with Crippen LogP contribution in [-0.4, -0.2) is 88.5 Å². The lowest BCUT2D eigenvalue weighted by Crippen LogP contribution is -2.45. The highest BCUT2D eigenvalue weighted by molar-refractivity contribution is 5.92. The molecule has 11 nitrogen and oxygen atoms in total. The van der Waals surface area contributed by atoms with Gasteiger partial charge in [0, 0.05) is 44.0 Å². The maximum atomic E-state index is 11.5. The van der Waals surface area contributed by atoms with Crippen LogP contribution in [0.25, 0.3) is 10.9 Å². The number of nitrogens with one attached hydrogen (secondary N) is 3. The monoisotopic (exact) mass is 488 g/mol. The van der Waals surface area contributed by atoms with Crippen molar-refractivity contribution in [3.05, 3.63) is 18.5 Å². The van der Waals surface area contributed by atoms with Crippen LogP contribution in [0.15, 0.2) is 18.5 Å². The number of amides is 1. The molecule has 1 aromatic heterocycles. The molecule has 1 amide bonds. The summed E-state index contributed by atoms with van der Waals surface area (Å²) < 4.78 is 22.1. The zero-order chi connectivity index (χ0) is 24.5. The van der Waals surface area contributed by atoms with Crippen LogP contribution in [0.5, 0.6) is 11.6 Å². The van der Waals surface area contributed by atoms with Gasteiger partial charge in [-0.3, -0.25) is 15.4 Å². The summed E-state index contributed by atoms with van der Waals surface area (Å²) in [6.45, 7) is 4.01. The fourth-order valence-electron chi connectivity index (χ4n) is 4.60. The van der Waals surface area contributed by atoms with Gasteiger partial charge in [-0.15, -0.1) is 0 Å². The van der Waals surface area contributed by atoms with Gasteiger partial charge < -0.3 is 29.2 Å². The highest BCUT2D eigenvalue weighted by atomic mass is 16.5. The Morgan fingerprint density at radius 1 is 1.09 bits per heavy atom. The number of aromatic nitrogens is 2. The highest BCUT2D eigenvalue weighted by Crippen LogP contribution is 2.35. The number of rotatable bonds is 11. The fourth-order valence-corrected chi connectivity index (χ4v) is 4.60. The molecule has 1 aliphatic heterocycles. The van der Waals surface area contributed by atoms with Gasteiger partial charge in [-0.05, 0) is 31.7 Å². The molecule has 1 saturated carbocycles. The molecule has 2 heterocycles. The zero-order valence-electron chi connectivity index (χ0n) is 20.5. The number of morpholine rings is 1. The van der Waals surface area contributed by atoms with E-state index in [1.54, 1.807) is 7.11 Å². The van der Waals surface area contributed by atoms with Crippen LogP contribution in [0.4, 0.5) is 5.69 Å². The van der Waals surface area contributed by atoms with Gasteiger partial charge >= 0.3 is 0 Å². The van der Waals surface area contributed by atoms with Gasteiger partial charge in [0.2, 0.25) is 11.8 Å². The Morgan fingerprint density at radius 3 is 2.54 bits per heavy atom. The van der Waals surface area contributed by atoms with Crippen molar-refractivity contribution in [1.82, 2.24) is 25.9 Å². The first kappa shape index (κ1) is 25.4. The van der Waals surface area contributed by atoms with E-state index in [1.165, 1.54) is 13.4 Å². The van der Waals surface area contributed by atoms with Gasteiger partial charge in [0.25, 0.3) is 0 Å². The van der Waals surface area contributed by atoms with Gasteiger partial charge in [-0.1, -0.05) is 0 Å². The summed E-state index contributed by atoms with van der Waals surface area (Å²) in [6, 6.07) is 4.87. The number of ether oxygens (including phenoxy) is 4. The third kappa shape index (κ3) is 6.91. The van der Waals surface area contributed by atoms with Gasteiger partial charge in [-0.25, -0.2) is 9.97 Å². The average Bonchev–Trinajstić information content (AvgIpc) is 2.89. The molecule has 0 unspecified atom stereocenters. The third-order valence-corrected chi connectivity index (χ3v) is 6.50. The molecule has 1 aliphatic carbocycles. The third-order valence-electron chi connectivity index (χ3n) is 6.50. The molecule has 192 valence electrons. The number of nitrogens with zero attached hydrogens (tertiary/aromatic N) is 3. The summed E-state index contributed by atoms with van der Waals surface area (Å²) >= 11 is 0. The summed E-state index contributed by atoms with van der Waals surface area (Å²) in [6.07, 6.45) is 5.66. The first-order valence-corrected chi connectivity index (χ1v) is 12.2. The number of hydrogen-bond acceptors (Lipinski definition) is 10. The maximum Gasteiger partial charge on any atom is 0.246 e. The number of fused-ring (bicyclic) bond motifs is 1. The topological polar surface area (TPSA) is 119 Å². The summed E-state index contributed by atoms with van der Waals surface area (Å²) in [5.41, 5.74) is 1.85. The van der Waals surface area contributed by atoms with Gasteiger partial charge in [-0.2, -0.15) is 0 Å². The Balaban J connectivity index is 1.31. The predicted molar refractivity (Wildman–Crippen MR) is 132 cm³/mol. The van der Waals surface area contributed by atoms with Crippen molar-refractivity contribution in [2.75, 3.05) is 65.4 Å². The molecule has 2 aliphatic rings. The molecule has 35 heavy (non-hydrogen) atoms. The fraction of sp³-hybridized carbons (Fsp3) is 0.625. The number of carbonyl (C=O) groups excluding carboxylic acids is 1. The van der Waals surface area contributed by atoms with Crippen LogP contribution in [0.3, 0.4) is 0 Å². The van der Waals surface area contributed by atoms with Crippen molar-refractivity contribution < 1.29 is 23.7 Å². The Kier molecular flexibility index (Phi) is 9.29. The summed E-state index contributed by atoms with van der Waals surface area (Å²) in [7, 11) is 3.12. The van der Waals surface area contributed by atoms with Crippen molar-refractivity contribution in [3.8, 4) is 11.6 Å². The van der Waals surface area contributed by atoms with Crippen molar-refractivity contribution in [3.63, 3.8) is 0 Å². The normalized spacial score (nSPS) is 20.6. The quantitative estimate of drug-likeness (QED) is 0.396. The lowest BCUT2D eigenvalue weighted by atomic mass is 9.91. The molecule has 1 aromatic carbocycles. The van der Waals surface area contributed by atoms with E-state index >= 15 is 0 Å². The van der Waals surface area contributed by atoms with E-state index in [2.05, 4.69) is 36.9 Å². The molecule has 0 radical (unpaired) electrons. The Morgan fingerprint density at radius 2 is 1.83 bits per heavy atom. The minimum Gasteiger partial charge on any atom is -0.480 e. The minimum absolute atomic E-state index is 0.0843. The molecular formula is C24H36N6O5. The second-order valence-corrected chi connectivity index (χ2v) is 8.78. The molecule has 11 heteroatoms. The lowest BCUT2D eigenvalue weighted by molar-refractivity contribution is -0.124. The lowest BCUT2D eigenvalue weighted by Gasteiger charge is -2.30. The number of anilines is 1. The van der Waals surface area contributed by atoms with E-state index < -0.39 is 0 Å². The number of methoxy groups -OCH3 is 2. The largest absolute Gasteiger partial charge is 0.480 e. The summed E-state index contributed by atoms with van der Waals surface area (Å²) in [4.78, 5) is 22.5. The highest BCUT2D eigenvalue weighted by Gasteiger charge is 2.22. The van der Waals surface area contributed by atoms with Gasteiger partial charge in [0.15, 0.2) is 0 Å². The van der Waals surface area contributed by atoms with Crippen molar-refractivity contribution in [2.24, 2.45) is 0 Å². The van der Waals surface area contributed by atoms with Gasteiger partial charge in [0.1, 0.15) is 30.8 Å².